The monoisotopic (exact) mass is 291 g/mol. The van der Waals surface area contributed by atoms with Crippen molar-refractivity contribution in [1.82, 2.24) is 5.32 Å². The molecule has 1 aromatic carbocycles. The molecule has 1 fully saturated rings. The predicted molar refractivity (Wildman–Crippen MR) is 77.0 cm³/mol. The summed E-state index contributed by atoms with van der Waals surface area (Å²) >= 11 is 0. The zero-order valence-electron chi connectivity index (χ0n) is 11.6. The summed E-state index contributed by atoms with van der Waals surface area (Å²) in [7, 11) is 0. The first-order valence-electron chi connectivity index (χ1n) is 6.92. The van der Waals surface area contributed by atoms with Gasteiger partial charge in [0.15, 0.2) is 0 Å². The van der Waals surface area contributed by atoms with Crippen LogP contribution in [-0.4, -0.2) is 23.5 Å². The van der Waals surface area contributed by atoms with Crippen molar-refractivity contribution in [2.24, 2.45) is 5.41 Å². The van der Waals surface area contributed by atoms with E-state index in [-0.39, 0.29) is 23.6 Å². The average Bonchev–Trinajstić information content (AvgIpc) is 2.39. The SMILES string of the molecule is O=C(O)CC1(CNC(=O)/C=C/c2cccc(F)c2)CCC1. The molecule has 1 aliphatic rings. The fourth-order valence-electron chi connectivity index (χ4n) is 2.53. The van der Waals surface area contributed by atoms with E-state index >= 15 is 0 Å². The number of carboxylic acids is 1. The second-order valence-electron chi connectivity index (χ2n) is 5.53. The first-order chi connectivity index (χ1) is 9.99. The average molecular weight is 291 g/mol. The van der Waals surface area contributed by atoms with Crippen molar-refractivity contribution in [2.75, 3.05) is 6.54 Å². The number of nitrogens with one attached hydrogen (secondary N) is 1. The van der Waals surface area contributed by atoms with E-state index in [2.05, 4.69) is 5.32 Å². The fraction of sp³-hybridized carbons (Fsp3) is 0.375. The van der Waals surface area contributed by atoms with Gasteiger partial charge in [-0.1, -0.05) is 18.6 Å². The van der Waals surface area contributed by atoms with Crippen LogP contribution in [0.4, 0.5) is 4.39 Å². The molecule has 21 heavy (non-hydrogen) atoms. The van der Waals surface area contributed by atoms with Crippen LogP contribution in [0.15, 0.2) is 30.3 Å². The molecule has 1 aliphatic carbocycles. The van der Waals surface area contributed by atoms with E-state index in [0.29, 0.717) is 12.1 Å². The summed E-state index contributed by atoms with van der Waals surface area (Å²) in [4.78, 5) is 22.6. The zero-order valence-corrected chi connectivity index (χ0v) is 11.6. The van der Waals surface area contributed by atoms with Crippen LogP contribution in [0, 0.1) is 11.2 Å². The molecule has 0 saturated heterocycles. The van der Waals surface area contributed by atoms with Gasteiger partial charge in [-0.2, -0.15) is 0 Å². The molecule has 0 aliphatic heterocycles. The number of benzene rings is 1. The lowest BCUT2D eigenvalue weighted by atomic mass is 9.66. The maximum absolute atomic E-state index is 13.0. The lowest BCUT2D eigenvalue weighted by Gasteiger charge is -2.40. The van der Waals surface area contributed by atoms with Crippen LogP contribution in [0.1, 0.15) is 31.2 Å². The highest BCUT2D eigenvalue weighted by Gasteiger charge is 2.38. The summed E-state index contributed by atoms with van der Waals surface area (Å²) in [5, 5.41) is 11.6. The Morgan fingerprint density at radius 2 is 2.14 bits per heavy atom. The second kappa shape index (κ2) is 6.52. The first-order valence-corrected chi connectivity index (χ1v) is 6.92. The first kappa shape index (κ1) is 15.2. The summed E-state index contributed by atoms with van der Waals surface area (Å²) in [5.41, 5.74) is 0.308. The molecule has 1 aromatic rings. The molecule has 1 amide bonds. The molecule has 0 unspecified atom stereocenters. The van der Waals surface area contributed by atoms with E-state index < -0.39 is 5.97 Å². The molecule has 0 spiro atoms. The molecule has 0 radical (unpaired) electrons. The molecular formula is C16H18FNO3. The van der Waals surface area contributed by atoms with Gasteiger partial charge in [-0.25, -0.2) is 4.39 Å². The summed E-state index contributed by atoms with van der Waals surface area (Å²) in [6, 6.07) is 5.94. The fourth-order valence-corrected chi connectivity index (χ4v) is 2.53. The van der Waals surface area contributed by atoms with Crippen LogP contribution in [0.25, 0.3) is 6.08 Å². The van der Waals surface area contributed by atoms with Crippen molar-refractivity contribution >= 4 is 18.0 Å². The number of carboxylic acid groups (broad SMARTS) is 1. The molecule has 2 rings (SSSR count). The van der Waals surface area contributed by atoms with Gasteiger partial charge in [0.25, 0.3) is 0 Å². The molecule has 1 saturated carbocycles. The van der Waals surface area contributed by atoms with Crippen LogP contribution in [-0.2, 0) is 9.59 Å². The van der Waals surface area contributed by atoms with E-state index in [4.69, 9.17) is 5.11 Å². The number of aliphatic carboxylic acids is 1. The maximum atomic E-state index is 13.0. The Hall–Kier alpha value is -2.17. The standard InChI is InChI=1S/C16H18FNO3/c17-13-4-1-3-12(9-13)5-6-14(19)18-11-16(7-2-8-16)10-15(20)21/h1,3-6,9H,2,7-8,10-11H2,(H,18,19)(H,20,21)/b6-5+. The van der Waals surface area contributed by atoms with Crippen LogP contribution in [0.2, 0.25) is 0 Å². The summed E-state index contributed by atoms with van der Waals surface area (Å²) < 4.78 is 13.0. The maximum Gasteiger partial charge on any atom is 0.303 e. The molecule has 0 atom stereocenters. The zero-order chi connectivity index (χ0) is 15.3. The highest BCUT2D eigenvalue weighted by Crippen LogP contribution is 2.43. The summed E-state index contributed by atoms with van der Waals surface area (Å²) in [5.74, 6) is -1.48. The Bertz CT molecular complexity index is 564. The third-order valence-corrected chi connectivity index (χ3v) is 3.85. The highest BCUT2D eigenvalue weighted by atomic mass is 19.1. The molecule has 4 nitrogen and oxygen atoms in total. The van der Waals surface area contributed by atoms with Gasteiger partial charge in [-0.05, 0) is 42.0 Å². The Labute approximate surface area is 122 Å². The van der Waals surface area contributed by atoms with Crippen LogP contribution in [0.3, 0.4) is 0 Å². The van der Waals surface area contributed by atoms with Gasteiger partial charge >= 0.3 is 5.97 Å². The van der Waals surface area contributed by atoms with Gasteiger partial charge in [0.05, 0.1) is 6.42 Å². The smallest absolute Gasteiger partial charge is 0.303 e. The molecular weight excluding hydrogens is 273 g/mol. The topological polar surface area (TPSA) is 66.4 Å². The number of carbonyl (C=O) groups is 2. The Morgan fingerprint density at radius 3 is 2.71 bits per heavy atom. The molecule has 112 valence electrons. The molecule has 0 aromatic heterocycles. The van der Waals surface area contributed by atoms with Crippen molar-refractivity contribution in [3.05, 3.63) is 41.7 Å². The van der Waals surface area contributed by atoms with Crippen molar-refractivity contribution in [2.45, 2.75) is 25.7 Å². The van der Waals surface area contributed by atoms with Crippen molar-refractivity contribution in [3.8, 4) is 0 Å². The number of hydrogen-bond donors (Lipinski definition) is 2. The largest absolute Gasteiger partial charge is 0.481 e. The molecule has 0 bridgehead atoms. The van der Waals surface area contributed by atoms with Gasteiger partial charge in [-0.15, -0.1) is 0 Å². The molecule has 0 heterocycles. The van der Waals surface area contributed by atoms with E-state index in [9.17, 15) is 14.0 Å². The van der Waals surface area contributed by atoms with E-state index in [0.717, 1.165) is 19.3 Å². The third kappa shape index (κ3) is 4.41. The number of rotatable bonds is 6. The van der Waals surface area contributed by atoms with E-state index in [1.54, 1.807) is 12.1 Å². The molecule has 2 N–H and O–H groups in total. The van der Waals surface area contributed by atoms with Gasteiger partial charge in [0.1, 0.15) is 5.82 Å². The van der Waals surface area contributed by atoms with Gasteiger partial charge in [0, 0.05) is 12.6 Å². The van der Waals surface area contributed by atoms with Gasteiger partial charge < -0.3 is 10.4 Å². The third-order valence-electron chi connectivity index (χ3n) is 3.85. The number of amides is 1. The van der Waals surface area contributed by atoms with Crippen molar-refractivity contribution in [1.29, 1.82) is 0 Å². The highest BCUT2D eigenvalue weighted by molar-refractivity contribution is 5.91. The van der Waals surface area contributed by atoms with Crippen molar-refractivity contribution in [3.63, 3.8) is 0 Å². The van der Waals surface area contributed by atoms with Crippen molar-refractivity contribution < 1.29 is 19.1 Å². The van der Waals surface area contributed by atoms with Crippen LogP contribution >= 0.6 is 0 Å². The minimum atomic E-state index is -0.834. The number of halogens is 1. The minimum absolute atomic E-state index is 0.0842. The Kier molecular flexibility index (Phi) is 4.73. The van der Waals surface area contributed by atoms with E-state index in [1.165, 1.54) is 24.3 Å². The molecule has 5 heteroatoms. The predicted octanol–water partition coefficient (Wildman–Crippen LogP) is 2.60. The normalized spacial score (nSPS) is 16.4. The number of carbonyl (C=O) groups excluding carboxylic acids is 1. The second-order valence-corrected chi connectivity index (χ2v) is 5.53. The lowest BCUT2D eigenvalue weighted by molar-refractivity contribution is -0.141. The van der Waals surface area contributed by atoms with Crippen LogP contribution in [0.5, 0.6) is 0 Å². The Balaban J connectivity index is 1.86. The number of hydrogen-bond acceptors (Lipinski definition) is 2. The minimum Gasteiger partial charge on any atom is -0.481 e. The quantitative estimate of drug-likeness (QED) is 0.792. The summed E-state index contributed by atoms with van der Waals surface area (Å²) in [6.07, 6.45) is 5.61. The summed E-state index contributed by atoms with van der Waals surface area (Å²) in [6.45, 7) is 0.367. The van der Waals surface area contributed by atoms with Gasteiger partial charge in [-0.3, -0.25) is 9.59 Å². The van der Waals surface area contributed by atoms with E-state index in [1.807, 2.05) is 0 Å². The Morgan fingerprint density at radius 1 is 1.38 bits per heavy atom. The van der Waals surface area contributed by atoms with Gasteiger partial charge in [0.2, 0.25) is 5.91 Å². The lowest BCUT2D eigenvalue weighted by Crippen LogP contribution is -2.43. The van der Waals surface area contributed by atoms with Crippen LogP contribution < -0.4 is 5.32 Å².